The molecule has 0 aliphatic carbocycles. The van der Waals surface area contributed by atoms with Crippen LogP contribution in [0.1, 0.15) is 19.8 Å². The lowest BCUT2D eigenvalue weighted by Crippen LogP contribution is -2.44. The molecule has 1 aliphatic rings. The Bertz CT molecular complexity index is 367. The second-order valence-corrected chi connectivity index (χ2v) is 6.67. The predicted octanol–water partition coefficient (Wildman–Crippen LogP) is -0.669. The number of hydrogen-bond acceptors (Lipinski definition) is 5. The molecule has 0 aromatic carbocycles. The van der Waals surface area contributed by atoms with Gasteiger partial charge < -0.3 is 10.2 Å². The fraction of sp³-hybridized carbons (Fsp3) is 0.900. The van der Waals surface area contributed by atoms with Gasteiger partial charge in [0.1, 0.15) is 0 Å². The van der Waals surface area contributed by atoms with E-state index in [2.05, 4.69) is 0 Å². The molecule has 0 spiro atoms. The molecule has 0 bridgehead atoms. The standard InChI is InChI=1S/C10H19NO5S/c1-2-9(12)5-11(6-10(13)14)8-3-4-17(15,16)7-8/h8-9,12H,2-7H2,1H3,(H,13,14). The Labute approximate surface area is 101 Å². The van der Waals surface area contributed by atoms with Crippen LogP contribution < -0.4 is 0 Å². The maximum atomic E-state index is 11.3. The molecule has 1 heterocycles. The van der Waals surface area contributed by atoms with Crippen LogP contribution in [0.5, 0.6) is 0 Å². The SMILES string of the molecule is CCC(O)CN(CC(=O)O)C1CCS(=O)(=O)C1. The third kappa shape index (κ3) is 4.61. The van der Waals surface area contributed by atoms with Gasteiger partial charge in [-0.25, -0.2) is 8.42 Å². The summed E-state index contributed by atoms with van der Waals surface area (Å²) in [6, 6.07) is -0.280. The summed E-state index contributed by atoms with van der Waals surface area (Å²) < 4.78 is 22.7. The number of rotatable bonds is 6. The van der Waals surface area contributed by atoms with Gasteiger partial charge in [-0.3, -0.25) is 9.69 Å². The third-order valence-electron chi connectivity index (χ3n) is 2.98. The van der Waals surface area contributed by atoms with Gasteiger partial charge in [0.25, 0.3) is 0 Å². The zero-order valence-electron chi connectivity index (χ0n) is 9.87. The van der Waals surface area contributed by atoms with Crippen molar-refractivity contribution in [3.8, 4) is 0 Å². The van der Waals surface area contributed by atoms with Crippen LogP contribution in [0, 0.1) is 0 Å². The molecule has 0 amide bonds. The van der Waals surface area contributed by atoms with Crippen LogP contribution >= 0.6 is 0 Å². The molecule has 0 aromatic heterocycles. The molecule has 1 rings (SSSR count). The minimum atomic E-state index is -3.04. The Morgan fingerprint density at radius 3 is 2.59 bits per heavy atom. The number of nitrogens with zero attached hydrogens (tertiary/aromatic N) is 1. The maximum absolute atomic E-state index is 11.3. The van der Waals surface area contributed by atoms with Gasteiger partial charge >= 0.3 is 5.97 Å². The lowest BCUT2D eigenvalue weighted by molar-refractivity contribution is -0.139. The average Bonchev–Trinajstić information content (AvgIpc) is 2.57. The summed E-state index contributed by atoms with van der Waals surface area (Å²) in [5.74, 6) is -0.898. The normalized spacial score (nSPS) is 25.0. The Morgan fingerprint density at radius 2 is 2.18 bits per heavy atom. The van der Waals surface area contributed by atoms with Gasteiger partial charge in [0, 0.05) is 12.6 Å². The van der Waals surface area contributed by atoms with Crippen LogP contribution in [0.3, 0.4) is 0 Å². The van der Waals surface area contributed by atoms with Crippen molar-refractivity contribution in [1.29, 1.82) is 0 Å². The second-order valence-electron chi connectivity index (χ2n) is 4.44. The Kier molecular flexibility index (Phi) is 4.91. The monoisotopic (exact) mass is 265 g/mol. The van der Waals surface area contributed by atoms with E-state index in [-0.39, 0.29) is 30.6 Å². The van der Waals surface area contributed by atoms with E-state index in [0.29, 0.717) is 12.8 Å². The zero-order chi connectivity index (χ0) is 13.1. The van der Waals surface area contributed by atoms with Gasteiger partial charge in [0.2, 0.25) is 0 Å². The van der Waals surface area contributed by atoms with Crippen LogP contribution in [-0.2, 0) is 14.6 Å². The molecule has 7 heteroatoms. The van der Waals surface area contributed by atoms with E-state index in [4.69, 9.17) is 5.11 Å². The van der Waals surface area contributed by atoms with Gasteiger partial charge in [-0.05, 0) is 12.8 Å². The molecule has 2 unspecified atom stereocenters. The van der Waals surface area contributed by atoms with Crippen molar-refractivity contribution in [2.24, 2.45) is 0 Å². The van der Waals surface area contributed by atoms with E-state index in [1.807, 2.05) is 0 Å². The molecule has 100 valence electrons. The first-order valence-electron chi connectivity index (χ1n) is 5.68. The summed E-state index contributed by atoms with van der Waals surface area (Å²) in [6.07, 6.45) is 0.361. The summed E-state index contributed by atoms with van der Waals surface area (Å²) in [6.45, 7) is 1.79. The highest BCUT2D eigenvalue weighted by atomic mass is 32.2. The van der Waals surface area contributed by atoms with Crippen LogP contribution in [-0.4, -0.2) is 66.2 Å². The number of aliphatic carboxylic acids is 1. The number of carboxylic acids is 1. The lowest BCUT2D eigenvalue weighted by Gasteiger charge is -2.28. The first-order valence-corrected chi connectivity index (χ1v) is 7.50. The minimum absolute atomic E-state index is 0.00326. The summed E-state index contributed by atoms with van der Waals surface area (Å²) >= 11 is 0. The van der Waals surface area contributed by atoms with Crippen LogP contribution in [0.4, 0.5) is 0 Å². The van der Waals surface area contributed by atoms with E-state index in [0.717, 1.165) is 0 Å². The van der Waals surface area contributed by atoms with Gasteiger partial charge in [-0.1, -0.05) is 6.92 Å². The highest BCUT2D eigenvalue weighted by molar-refractivity contribution is 7.91. The molecular weight excluding hydrogens is 246 g/mol. The molecule has 1 saturated heterocycles. The van der Waals surface area contributed by atoms with Crippen molar-refractivity contribution in [3.63, 3.8) is 0 Å². The number of aliphatic hydroxyl groups is 1. The quantitative estimate of drug-likeness (QED) is 0.661. The highest BCUT2D eigenvalue weighted by Crippen LogP contribution is 2.18. The van der Waals surface area contributed by atoms with Crippen molar-refractivity contribution in [3.05, 3.63) is 0 Å². The van der Waals surface area contributed by atoms with Crippen molar-refractivity contribution >= 4 is 15.8 Å². The molecule has 0 saturated carbocycles. The lowest BCUT2D eigenvalue weighted by atomic mass is 10.2. The number of hydrogen-bond donors (Lipinski definition) is 2. The predicted molar refractivity (Wildman–Crippen MR) is 62.6 cm³/mol. The van der Waals surface area contributed by atoms with Crippen molar-refractivity contribution in [1.82, 2.24) is 4.90 Å². The number of sulfone groups is 1. The topological polar surface area (TPSA) is 94.9 Å². The van der Waals surface area contributed by atoms with Gasteiger partial charge in [0.05, 0.1) is 24.2 Å². The molecular formula is C10H19NO5S. The molecule has 0 aromatic rings. The maximum Gasteiger partial charge on any atom is 0.317 e. The number of carboxylic acid groups (broad SMARTS) is 1. The first-order chi connectivity index (χ1) is 7.84. The summed E-state index contributed by atoms with van der Waals surface area (Å²) in [5, 5.41) is 18.3. The fourth-order valence-corrected chi connectivity index (χ4v) is 3.74. The Balaban J connectivity index is 2.66. The smallest absolute Gasteiger partial charge is 0.317 e. The number of aliphatic hydroxyl groups excluding tert-OH is 1. The second kappa shape index (κ2) is 5.79. The van der Waals surface area contributed by atoms with E-state index in [1.54, 1.807) is 11.8 Å². The third-order valence-corrected chi connectivity index (χ3v) is 4.73. The highest BCUT2D eigenvalue weighted by Gasteiger charge is 2.33. The Morgan fingerprint density at radius 1 is 1.53 bits per heavy atom. The molecule has 1 fully saturated rings. The van der Waals surface area contributed by atoms with Crippen LogP contribution in [0.25, 0.3) is 0 Å². The van der Waals surface area contributed by atoms with Gasteiger partial charge in [-0.15, -0.1) is 0 Å². The summed E-state index contributed by atoms with van der Waals surface area (Å²) in [7, 11) is -3.04. The van der Waals surface area contributed by atoms with Crippen LogP contribution in [0.2, 0.25) is 0 Å². The molecule has 17 heavy (non-hydrogen) atoms. The first kappa shape index (κ1) is 14.4. The van der Waals surface area contributed by atoms with Gasteiger partial charge in [0.15, 0.2) is 9.84 Å². The molecule has 2 atom stereocenters. The van der Waals surface area contributed by atoms with Crippen molar-refractivity contribution in [2.45, 2.75) is 31.9 Å². The van der Waals surface area contributed by atoms with Gasteiger partial charge in [-0.2, -0.15) is 0 Å². The van der Waals surface area contributed by atoms with Crippen LogP contribution in [0.15, 0.2) is 0 Å². The molecule has 0 radical (unpaired) electrons. The molecule has 6 nitrogen and oxygen atoms in total. The summed E-state index contributed by atoms with van der Waals surface area (Å²) in [4.78, 5) is 12.3. The molecule has 1 aliphatic heterocycles. The summed E-state index contributed by atoms with van der Waals surface area (Å²) in [5.41, 5.74) is 0. The van der Waals surface area contributed by atoms with E-state index >= 15 is 0 Å². The number of carbonyl (C=O) groups is 1. The van der Waals surface area contributed by atoms with Crippen molar-refractivity contribution in [2.75, 3.05) is 24.6 Å². The minimum Gasteiger partial charge on any atom is -0.480 e. The molecule has 2 N–H and O–H groups in total. The Hall–Kier alpha value is -0.660. The largest absolute Gasteiger partial charge is 0.480 e. The zero-order valence-corrected chi connectivity index (χ0v) is 10.7. The fourth-order valence-electron chi connectivity index (χ4n) is 1.98. The van der Waals surface area contributed by atoms with Crippen molar-refractivity contribution < 1.29 is 23.4 Å². The van der Waals surface area contributed by atoms with E-state index < -0.39 is 21.9 Å². The average molecular weight is 265 g/mol. The van der Waals surface area contributed by atoms with E-state index in [1.165, 1.54) is 0 Å². The van der Waals surface area contributed by atoms with E-state index in [9.17, 15) is 18.3 Å².